The SMILES string of the molecule is COc1ccc(Oc2c(-c3ccc(=O)n(C)c3)ccn(C)c2=O)cc1. The van der Waals surface area contributed by atoms with E-state index in [1.807, 2.05) is 0 Å². The molecule has 0 unspecified atom stereocenters. The Morgan fingerprint density at radius 3 is 2.16 bits per heavy atom. The van der Waals surface area contributed by atoms with Crippen LogP contribution in [-0.4, -0.2) is 16.2 Å². The van der Waals surface area contributed by atoms with Gasteiger partial charge in [0.25, 0.3) is 5.56 Å². The highest BCUT2D eigenvalue weighted by molar-refractivity contribution is 5.69. The van der Waals surface area contributed by atoms with Gasteiger partial charge in [-0.1, -0.05) is 0 Å². The van der Waals surface area contributed by atoms with E-state index in [0.717, 1.165) is 5.56 Å². The van der Waals surface area contributed by atoms with Crippen molar-refractivity contribution in [3.63, 3.8) is 0 Å². The summed E-state index contributed by atoms with van der Waals surface area (Å²) in [6.07, 6.45) is 3.35. The van der Waals surface area contributed by atoms with Crippen LogP contribution in [0, 0.1) is 0 Å². The monoisotopic (exact) mass is 338 g/mol. The van der Waals surface area contributed by atoms with Crippen molar-refractivity contribution in [2.75, 3.05) is 7.11 Å². The van der Waals surface area contributed by atoms with E-state index in [9.17, 15) is 9.59 Å². The summed E-state index contributed by atoms with van der Waals surface area (Å²) < 4.78 is 13.9. The molecule has 0 saturated carbocycles. The predicted octanol–water partition coefficient (Wildman–Crippen LogP) is 2.55. The molecule has 0 aliphatic heterocycles. The summed E-state index contributed by atoms with van der Waals surface area (Å²) in [5.74, 6) is 1.43. The largest absolute Gasteiger partial charge is 0.497 e. The van der Waals surface area contributed by atoms with E-state index in [-0.39, 0.29) is 16.9 Å². The Labute approximate surface area is 144 Å². The summed E-state index contributed by atoms with van der Waals surface area (Å²) in [6.45, 7) is 0. The van der Waals surface area contributed by atoms with E-state index in [2.05, 4.69) is 0 Å². The molecule has 6 nitrogen and oxygen atoms in total. The number of ether oxygens (including phenoxy) is 2. The molecule has 2 aromatic heterocycles. The van der Waals surface area contributed by atoms with Crippen molar-refractivity contribution in [3.8, 4) is 28.4 Å². The molecule has 0 N–H and O–H groups in total. The van der Waals surface area contributed by atoms with E-state index in [0.29, 0.717) is 17.1 Å². The van der Waals surface area contributed by atoms with Gasteiger partial charge in [-0.15, -0.1) is 0 Å². The third-order valence-electron chi connectivity index (χ3n) is 3.90. The van der Waals surface area contributed by atoms with Crippen LogP contribution >= 0.6 is 0 Å². The zero-order chi connectivity index (χ0) is 18.0. The van der Waals surface area contributed by atoms with Crippen LogP contribution in [0.1, 0.15) is 0 Å². The van der Waals surface area contributed by atoms with Crippen molar-refractivity contribution < 1.29 is 9.47 Å². The van der Waals surface area contributed by atoms with Gasteiger partial charge in [-0.2, -0.15) is 0 Å². The van der Waals surface area contributed by atoms with Gasteiger partial charge in [0.2, 0.25) is 5.56 Å². The lowest BCUT2D eigenvalue weighted by molar-refractivity contribution is 0.412. The molecular formula is C19H18N2O4. The molecule has 0 atom stereocenters. The van der Waals surface area contributed by atoms with Gasteiger partial charge in [0.1, 0.15) is 11.5 Å². The molecule has 1 aromatic carbocycles. The lowest BCUT2D eigenvalue weighted by Gasteiger charge is -2.13. The molecule has 0 fully saturated rings. The van der Waals surface area contributed by atoms with E-state index in [1.54, 1.807) is 70.0 Å². The molecule has 0 spiro atoms. The number of hydrogen-bond acceptors (Lipinski definition) is 4. The van der Waals surface area contributed by atoms with Crippen molar-refractivity contribution in [2.24, 2.45) is 14.1 Å². The maximum Gasteiger partial charge on any atom is 0.293 e. The molecule has 3 aromatic rings. The Kier molecular flexibility index (Phi) is 4.43. The number of nitrogens with zero attached hydrogens (tertiary/aromatic N) is 2. The van der Waals surface area contributed by atoms with Crippen LogP contribution in [-0.2, 0) is 14.1 Å². The number of rotatable bonds is 4. The Morgan fingerprint density at radius 2 is 1.52 bits per heavy atom. The summed E-state index contributed by atoms with van der Waals surface area (Å²) in [6, 6.07) is 11.9. The molecule has 6 heteroatoms. The number of pyridine rings is 2. The molecule has 25 heavy (non-hydrogen) atoms. The van der Waals surface area contributed by atoms with Crippen LogP contribution < -0.4 is 20.6 Å². The van der Waals surface area contributed by atoms with Crippen molar-refractivity contribution in [1.29, 1.82) is 0 Å². The fourth-order valence-electron chi connectivity index (χ4n) is 2.45. The average molecular weight is 338 g/mol. The van der Waals surface area contributed by atoms with E-state index in [4.69, 9.17) is 9.47 Å². The highest BCUT2D eigenvalue weighted by Crippen LogP contribution is 2.30. The van der Waals surface area contributed by atoms with Crippen LogP contribution in [0.5, 0.6) is 17.2 Å². The normalized spacial score (nSPS) is 10.5. The van der Waals surface area contributed by atoms with E-state index >= 15 is 0 Å². The minimum absolute atomic E-state index is 0.120. The number of aryl methyl sites for hydroxylation is 2. The number of methoxy groups -OCH3 is 1. The Hall–Kier alpha value is -3.28. The third-order valence-corrected chi connectivity index (χ3v) is 3.90. The molecular weight excluding hydrogens is 320 g/mol. The lowest BCUT2D eigenvalue weighted by Crippen LogP contribution is -2.19. The van der Waals surface area contributed by atoms with Crippen LogP contribution in [0.25, 0.3) is 11.1 Å². The first-order valence-electron chi connectivity index (χ1n) is 7.68. The van der Waals surface area contributed by atoms with Crippen LogP contribution in [0.15, 0.2) is 64.4 Å². The number of benzene rings is 1. The quantitative estimate of drug-likeness (QED) is 0.733. The Bertz CT molecular complexity index is 1020. The summed E-state index contributed by atoms with van der Waals surface area (Å²) in [7, 11) is 4.91. The highest BCUT2D eigenvalue weighted by Gasteiger charge is 2.14. The van der Waals surface area contributed by atoms with Crippen molar-refractivity contribution in [2.45, 2.75) is 0 Å². The minimum atomic E-state index is -0.262. The third kappa shape index (κ3) is 3.33. The van der Waals surface area contributed by atoms with Crippen LogP contribution in [0.2, 0.25) is 0 Å². The maximum atomic E-state index is 12.6. The maximum absolute atomic E-state index is 12.6. The highest BCUT2D eigenvalue weighted by atomic mass is 16.5. The summed E-state index contributed by atoms with van der Waals surface area (Å²) in [5, 5.41) is 0. The Balaban J connectivity index is 2.10. The number of hydrogen-bond donors (Lipinski definition) is 0. The fraction of sp³-hybridized carbons (Fsp3) is 0.158. The molecule has 128 valence electrons. The van der Waals surface area contributed by atoms with Crippen molar-refractivity contribution in [3.05, 3.63) is 75.6 Å². The summed E-state index contributed by atoms with van der Waals surface area (Å²) in [4.78, 5) is 24.2. The molecule has 0 radical (unpaired) electrons. The van der Waals surface area contributed by atoms with Gasteiger partial charge in [0, 0.05) is 43.7 Å². The van der Waals surface area contributed by atoms with Gasteiger partial charge >= 0.3 is 0 Å². The first-order chi connectivity index (χ1) is 12.0. The van der Waals surface area contributed by atoms with Gasteiger partial charge < -0.3 is 18.6 Å². The minimum Gasteiger partial charge on any atom is -0.497 e. The van der Waals surface area contributed by atoms with Gasteiger partial charge in [0.15, 0.2) is 5.75 Å². The molecule has 2 heterocycles. The summed E-state index contributed by atoms with van der Waals surface area (Å²) in [5.41, 5.74) is 0.963. The molecule has 0 aliphatic carbocycles. The fourth-order valence-corrected chi connectivity index (χ4v) is 2.45. The smallest absolute Gasteiger partial charge is 0.293 e. The van der Waals surface area contributed by atoms with E-state index in [1.165, 1.54) is 15.2 Å². The van der Waals surface area contributed by atoms with Crippen LogP contribution in [0.3, 0.4) is 0 Å². The summed E-state index contributed by atoms with van der Waals surface area (Å²) >= 11 is 0. The van der Waals surface area contributed by atoms with Gasteiger partial charge in [-0.25, -0.2) is 0 Å². The topological polar surface area (TPSA) is 62.5 Å². The average Bonchev–Trinajstić information content (AvgIpc) is 2.62. The van der Waals surface area contributed by atoms with Gasteiger partial charge in [0.05, 0.1) is 7.11 Å². The lowest BCUT2D eigenvalue weighted by atomic mass is 10.1. The first-order valence-corrected chi connectivity index (χ1v) is 7.68. The van der Waals surface area contributed by atoms with Crippen LogP contribution in [0.4, 0.5) is 0 Å². The van der Waals surface area contributed by atoms with Crippen molar-refractivity contribution >= 4 is 0 Å². The molecule has 3 rings (SSSR count). The molecule has 0 aliphatic rings. The van der Waals surface area contributed by atoms with Gasteiger partial charge in [-0.3, -0.25) is 9.59 Å². The first kappa shape index (κ1) is 16.6. The molecule has 0 saturated heterocycles. The molecule has 0 amide bonds. The predicted molar refractivity (Wildman–Crippen MR) is 95.4 cm³/mol. The standard InChI is InChI=1S/C19H18N2O4/c1-20-11-10-16(13-4-9-17(22)21(2)12-13)18(19(20)23)25-15-7-5-14(24-3)6-8-15/h4-12H,1-3H3. The molecule has 0 bridgehead atoms. The number of aromatic nitrogens is 2. The van der Waals surface area contributed by atoms with Gasteiger partial charge in [-0.05, 0) is 36.4 Å². The van der Waals surface area contributed by atoms with Crippen molar-refractivity contribution in [1.82, 2.24) is 9.13 Å². The second-order valence-electron chi connectivity index (χ2n) is 5.62. The second kappa shape index (κ2) is 6.68. The second-order valence-corrected chi connectivity index (χ2v) is 5.62. The Morgan fingerprint density at radius 1 is 0.840 bits per heavy atom. The van der Waals surface area contributed by atoms with E-state index < -0.39 is 0 Å². The zero-order valence-corrected chi connectivity index (χ0v) is 14.2. The zero-order valence-electron chi connectivity index (χ0n) is 14.2.